The second kappa shape index (κ2) is 5.70. The summed E-state index contributed by atoms with van der Waals surface area (Å²) in [5.41, 5.74) is 2.40. The predicted octanol–water partition coefficient (Wildman–Crippen LogP) is 3.15. The third-order valence-electron chi connectivity index (χ3n) is 5.30. The van der Waals surface area contributed by atoms with Crippen molar-refractivity contribution in [3.63, 3.8) is 0 Å². The summed E-state index contributed by atoms with van der Waals surface area (Å²) in [6.07, 6.45) is 5.05. The molecule has 0 saturated heterocycles. The first-order chi connectivity index (χ1) is 10.0. The fourth-order valence-electron chi connectivity index (χ4n) is 4.08. The number of anilines is 1. The highest BCUT2D eigenvalue weighted by Gasteiger charge is 2.43. The first-order valence-electron chi connectivity index (χ1n) is 8.06. The van der Waals surface area contributed by atoms with Gasteiger partial charge in [-0.15, -0.1) is 0 Å². The van der Waals surface area contributed by atoms with E-state index in [-0.39, 0.29) is 0 Å². The Bertz CT molecular complexity index is 508. The molecule has 0 N–H and O–H groups in total. The maximum Gasteiger partial charge on any atom is 0.226 e. The van der Waals surface area contributed by atoms with Gasteiger partial charge >= 0.3 is 0 Å². The van der Waals surface area contributed by atoms with Gasteiger partial charge in [-0.3, -0.25) is 4.79 Å². The lowest BCUT2D eigenvalue weighted by molar-refractivity contribution is -0.136. The summed E-state index contributed by atoms with van der Waals surface area (Å²) in [6, 6.07) is 8.48. The van der Waals surface area contributed by atoms with E-state index in [9.17, 15) is 4.79 Å². The van der Waals surface area contributed by atoms with E-state index < -0.39 is 0 Å². The third-order valence-corrected chi connectivity index (χ3v) is 5.30. The fraction of sp³-hybridized carbons (Fsp3) is 0.611. The quantitative estimate of drug-likeness (QED) is 0.849. The number of hydrogen-bond donors (Lipinski definition) is 0. The van der Waals surface area contributed by atoms with E-state index in [1.54, 1.807) is 0 Å². The number of fused-ring (bicyclic) bond motifs is 2. The minimum atomic E-state index is 0.301. The van der Waals surface area contributed by atoms with Gasteiger partial charge < -0.3 is 9.80 Å². The smallest absolute Gasteiger partial charge is 0.226 e. The number of amides is 1. The minimum Gasteiger partial charge on any atom is -0.378 e. The molecule has 2 aliphatic carbocycles. The minimum absolute atomic E-state index is 0.301. The highest BCUT2D eigenvalue weighted by molar-refractivity contribution is 5.79. The summed E-state index contributed by atoms with van der Waals surface area (Å²) in [4.78, 5) is 16.7. The van der Waals surface area contributed by atoms with Crippen molar-refractivity contribution in [3.8, 4) is 0 Å². The van der Waals surface area contributed by atoms with Crippen LogP contribution in [0.15, 0.2) is 24.3 Å². The van der Waals surface area contributed by atoms with Gasteiger partial charge in [0.2, 0.25) is 5.91 Å². The van der Waals surface area contributed by atoms with Gasteiger partial charge in [0.05, 0.1) is 0 Å². The average molecular weight is 286 g/mol. The topological polar surface area (TPSA) is 23.6 Å². The Balaban J connectivity index is 1.60. The monoisotopic (exact) mass is 286 g/mol. The normalized spacial score (nSPS) is 26.9. The molecule has 3 unspecified atom stereocenters. The first-order valence-corrected chi connectivity index (χ1v) is 8.06. The van der Waals surface area contributed by atoms with E-state index in [0.717, 1.165) is 18.9 Å². The molecule has 2 aliphatic rings. The summed E-state index contributed by atoms with van der Waals surface area (Å²) in [6.45, 7) is 0.723. The van der Waals surface area contributed by atoms with Crippen molar-refractivity contribution in [3.05, 3.63) is 29.8 Å². The molecular weight excluding hydrogens is 260 g/mol. The summed E-state index contributed by atoms with van der Waals surface area (Å²) in [5.74, 6) is 2.16. The second-order valence-corrected chi connectivity index (χ2v) is 7.04. The molecule has 1 aromatic carbocycles. The van der Waals surface area contributed by atoms with E-state index >= 15 is 0 Å². The van der Waals surface area contributed by atoms with Gasteiger partial charge in [-0.05, 0) is 48.8 Å². The van der Waals surface area contributed by atoms with Crippen LogP contribution in [0, 0.1) is 17.8 Å². The zero-order valence-electron chi connectivity index (χ0n) is 13.4. The van der Waals surface area contributed by atoms with Crippen LogP contribution in [0.3, 0.4) is 0 Å². The van der Waals surface area contributed by atoms with Crippen molar-refractivity contribution in [1.82, 2.24) is 4.90 Å². The molecule has 3 nitrogen and oxygen atoms in total. The Kier molecular flexibility index (Phi) is 3.92. The lowest BCUT2D eigenvalue weighted by atomic mass is 9.88. The van der Waals surface area contributed by atoms with Gasteiger partial charge in [0.1, 0.15) is 0 Å². The Morgan fingerprint density at radius 3 is 2.33 bits per heavy atom. The third kappa shape index (κ3) is 2.92. The highest BCUT2D eigenvalue weighted by Crippen LogP contribution is 2.48. The molecule has 3 heteroatoms. The number of hydrogen-bond acceptors (Lipinski definition) is 2. The van der Waals surface area contributed by atoms with Crippen LogP contribution >= 0.6 is 0 Å². The van der Waals surface area contributed by atoms with Crippen LogP contribution in [0.2, 0.25) is 0 Å². The largest absolute Gasteiger partial charge is 0.378 e. The van der Waals surface area contributed by atoms with Crippen LogP contribution in [-0.2, 0) is 11.3 Å². The summed E-state index contributed by atoms with van der Waals surface area (Å²) in [5, 5.41) is 0. The van der Waals surface area contributed by atoms with Crippen LogP contribution in [0.1, 0.15) is 31.2 Å². The van der Waals surface area contributed by atoms with Crippen molar-refractivity contribution in [2.75, 3.05) is 26.0 Å². The van der Waals surface area contributed by atoms with Gasteiger partial charge in [-0.25, -0.2) is 0 Å². The van der Waals surface area contributed by atoms with Gasteiger partial charge in [0, 0.05) is 39.3 Å². The van der Waals surface area contributed by atoms with Crippen LogP contribution in [0.25, 0.3) is 0 Å². The van der Waals surface area contributed by atoms with Crippen LogP contribution < -0.4 is 4.90 Å². The second-order valence-electron chi connectivity index (χ2n) is 7.04. The van der Waals surface area contributed by atoms with Crippen molar-refractivity contribution in [2.24, 2.45) is 17.8 Å². The Labute approximate surface area is 127 Å². The Hall–Kier alpha value is -1.51. The molecular formula is C18H26N2O. The number of nitrogens with zero attached hydrogens (tertiary/aromatic N) is 2. The number of carbonyl (C=O) groups is 1. The summed E-state index contributed by atoms with van der Waals surface area (Å²) in [7, 11) is 6.04. The Morgan fingerprint density at radius 1 is 1.10 bits per heavy atom. The molecule has 0 radical (unpaired) electrons. The highest BCUT2D eigenvalue weighted by atomic mass is 16.2. The zero-order valence-corrected chi connectivity index (χ0v) is 13.4. The van der Waals surface area contributed by atoms with Gasteiger partial charge in [-0.2, -0.15) is 0 Å². The molecule has 2 bridgehead atoms. The van der Waals surface area contributed by atoms with Crippen LogP contribution in [0.4, 0.5) is 5.69 Å². The standard InChI is InChI=1S/C18H26N2O/c1-19(2)16-8-5-13(6-9-16)12-20(3)18(21)17-11-14-4-7-15(17)10-14/h5-6,8-9,14-15,17H,4,7,10-12H2,1-3H3. The van der Waals surface area contributed by atoms with Gasteiger partial charge in [0.25, 0.3) is 0 Å². The van der Waals surface area contributed by atoms with Crippen molar-refractivity contribution in [2.45, 2.75) is 32.2 Å². The van der Waals surface area contributed by atoms with E-state index in [1.165, 1.54) is 30.5 Å². The molecule has 0 aromatic heterocycles. The first kappa shape index (κ1) is 14.4. The molecule has 3 atom stereocenters. The van der Waals surface area contributed by atoms with Crippen molar-refractivity contribution in [1.29, 1.82) is 0 Å². The molecule has 3 rings (SSSR count). The van der Waals surface area contributed by atoms with Crippen LogP contribution in [-0.4, -0.2) is 32.0 Å². The molecule has 2 fully saturated rings. The van der Waals surface area contributed by atoms with Crippen molar-refractivity contribution < 1.29 is 4.79 Å². The van der Waals surface area contributed by atoms with Gasteiger partial charge in [-0.1, -0.05) is 18.6 Å². The lowest BCUT2D eigenvalue weighted by Crippen LogP contribution is -2.35. The van der Waals surface area contributed by atoms with Gasteiger partial charge in [0.15, 0.2) is 0 Å². The van der Waals surface area contributed by atoms with E-state index in [1.807, 2.05) is 26.0 Å². The molecule has 0 spiro atoms. The van der Waals surface area contributed by atoms with E-state index in [4.69, 9.17) is 0 Å². The molecule has 2 saturated carbocycles. The lowest BCUT2D eigenvalue weighted by Gasteiger charge is -2.26. The summed E-state index contributed by atoms with van der Waals surface area (Å²) < 4.78 is 0. The maximum absolute atomic E-state index is 12.6. The van der Waals surface area contributed by atoms with E-state index in [0.29, 0.717) is 17.7 Å². The van der Waals surface area contributed by atoms with Crippen LogP contribution in [0.5, 0.6) is 0 Å². The molecule has 0 heterocycles. The molecule has 21 heavy (non-hydrogen) atoms. The van der Waals surface area contributed by atoms with Crippen molar-refractivity contribution >= 4 is 11.6 Å². The average Bonchev–Trinajstić information content (AvgIpc) is 3.09. The zero-order chi connectivity index (χ0) is 15.0. The molecule has 114 valence electrons. The molecule has 1 amide bonds. The summed E-state index contributed by atoms with van der Waals surface area (Å²) >= 11 is 0. The van der Waals surface area contributed by atoms with E-state index in [2.05, 4.69) is 29.2 Å². The molecule has 0 aliphatic heterocycles. The number of benzene rings is 1. The predicted molar refractivity (Wildman–Crippen MR) is 86.2 cm³/mol. The Morgan fingerprint density at radius 2 is 1.81 bits per heavy atom. The number of carbonyl (C=O) groups excluding carboxylic acids is 1. The maximum atomic E-state index is 12.6. The SMILES string of the molecule is CN(Cc1ccc(N(C)C)cc1)C(=O)C1CC2CCC1C2. The number of rotatable bonds is 4. The fourth-order valence-corrected chi connectivity index (χ4v) is 4.08. The molecule has 1 aromatic rings.